The molecule has 1 fully saturated rings. The minimum atomic E-state index is -1.43. The van der Waals surface area contributed by atoms with Gasteiger partial charge in [-0.1, -0.05) is 49.6 Å². The van der Waals surface area contributed by atoms with Gasteiger partial charge in [-0.05, 0) is 32.3 Å². The first-order valence-corrected chi connectivity index (χ1v) is 8.73. The number of aliphatic hydroxyl groups is 1. The van der Waals surface area contributed by atoms with Gasteiger partial charge in [0.25, 0.3) is 0 Å². The van der Waals surface area contributed by atoms with E-state index in [0.29, 0.717) is 5.56 Å². The van der Waals surface area contributed by atoms with Crippen LogP contribution in [0.3, 0.4) is 0 Å². The summed E-state index contributed by atoms with van der Waals surface area (Å²) in [5.74, 6) is -0.860. The van der Waals surface area contributed by atoms with Crippen LogP contribution >= 0.6 is 0 Å². The lowest BCUT2D eigenvalue weighted by Crippen LogP contribution is -2.44. The zero-order chi connectivity index (χ0) is 17.5. The lowest BCUT2D eigenvalue weighted by atomic mass is 9.88. The second-order valence-corrected chi connectivity index (χ2v) is 6.66. The van der Waals surface area contributed by atoms with Gasteiger partial charge >= 0.3 is 5.97 Å². The molecule has 5 nitrogen and oxygen atoms in total. The van der Waals surface area contributed by atoms with Crippen molar-refractivity contribution in [1.82, 2.24) is 5.32 Å². The Morgan fingerprint density at radius 1 is 1.12 bits per heavy atom. The minimum Gasteiger partial charge on any atom is -0.461 e. The predicted molar refractivity (Wildman–Crippen MR) is 91.1 cm³/mol. The van der Waals surface area contributed by atoms with Crippen molar-refractivity contribution >= 4 is 11.9 Å². The molecule has 0 spiro atoms. The Kier molecular flexibility index (Phi) is 6.79. The quantitative estimate of drug-likeness (QED) is 0.785. The molecule has 1 saturated carbocycles. The zero-order valence-corrected chi connectivity index (χ0v) is 14.4. The van der Waals surface area contributed by atoms with Crippen molar-refractivity contribution in [1.29, 1.82) is 0 Å². The highest BCUT2D eigenvalue weighted by Crippen LogP contribution is 2.26. The highest BCUT2D eigenvalue weighted by atomic mass is 16.6. The second kappa shape index (κ2) is 8.83. The highest BCUT2D eigenvalue weighted by Gasteiger charge is 2.32. The number of aliphatic hydroxyl groups excluding tert-OH is 1. The van der Waals surface area contributed by atoms with Crippen LogP contribution in [-0.4, -0.2) is 29.2 Å². The van der Waals surface area contributed by atoms with E-state index in [1.165, 1.54) is 0 Å². The number of carbonyl (C=O) groups is 2. The Hall–Kier alpha value is -1.88. The van der Waals surface area contributed by atoms with Crippen molar-refractivity contribution in [2.24, 2.45) is 5.92 Å². The molecule has 1 aromatic carbocycles. The van der Waals surface area contributed by atoms with Crippen molar-refractivity contribution in [3.63, 3.8) is 0 Å². The summed E-state index contributed by atoms with van der Waals surface area (Å²) in [6.07, 6.45) is 3.23. The van der Waals surface area contributed by atoms with Crippen LogP contribution < -0.4 is 5.32 Å². The third kappa shape index (κ3) is 5.06. The Morgan fingerprint density at radius 2 is 1.75 bits per heavy atom. The summed E-state index contributed by atoms with van der Waals surface area (Å²) in [5, 5.41) is 13.3. The van der Waals surface area contributed by atoms with Crippen LogP contribution in [0.15, 0.2) is 30.3 Å². The summed E-state index contributed by atoms with van der Waals surface area (Å²) >= 11 is 0. The van der Waals surface area contributed by atoms with Crippen LogP contribution in [0.1, 0.15) is 57.6 Å². The number of carbonyl (C=O) groups excluding carboxylic acids is 2. The van der Waals surface area contributed by atoms with Crippen molar-refractivity contribution in [2.45, 2.75) is 64.2 Å². The number of esters is 1. The van der Waals surface area contributed by atoms with E-state index in [1.807, 2.05) is 18.2 Å². The number of ether oxygens (including phenoxy) is 1. The molecule has 1 aliphatic carbocycles. The summed E-state index contributed by atoms with van der Waals surface area (Å²) < 4.78 is 5.10. The van der Waals surface area contributed by atoms with E-state index in [-0.39, 0.29) is 17.9 Å². The number of hydrogen-bond acceptors (Lipinski definition) is 4. The molecule has 1 aliphatic rings. The Balaban J connectivity index is 2.13. The molecule has 2 rings (SSSR count). The van der Waals surface area contributed by atoms with Crippen molar-refractivity contribution < 1.29 is 19.4 Å². The highest BCUT2D eigenvalue weighted by molar-refractivity contribution is 5.81. The Labute approximate surface area is 143 Å². The lowest BCUT2D eigenvalue weighted by Gasteiger charge is -2.27. The van der Waals surface area contributed by atoms with Crippen LogP contribution in [-0.2, 0) is 14.3 Å². The summed E-state index contributed by atoms with van der Waals surface area (Å²) in [4.78, 5) is 24.7. The van der Waals surface area contributed by atoms with Crippen molar-refractivity contribution in [3.05, 3.63) is 35.9 Å². The maximum Gasteiger partial charge on any atom is 0.337 e. The van der Waals surface area contributed by atoms with Gasteiger partial charge in [-0.2, -0.15) is 0 Å². The first-order chi connectivity index (χ1) is 11.5. The standard InChI is InChI=1S/C19H27NO4/c1-13(2)24-19(23)17(21)16(14-9-5-3-6-10-14)20-18(22)15-11-7-4-8-12-15/h3,5-6,9-10,13,15-17,21H,4,7-8,11-12H2,1-2H3,(H,20,22)/t16-,17+/m0/s1. The van der Waals surface area contributed by atoms with E-state index in [4.69, 9.17) is 4.74 Å². The van der Waals surface area contributed by atoms with Crippen molar-refractivity contribution in [2.75, 3.05) is 0 Å². The molecule has 2 N–H and O–H groups in total. The number of benzene rings is 1. The van der Waals surface area contributed by atoms with Crippen LogP contribution in [0.2, 0.25) is 0 Å². The van der Waals surface area contributed by atoms with E-state index in [9.17, 15) is 14.7 Å². The molecular formula is C19H27NO4. The fraction of sp³-hybridized carbons (Fsp3) is 0.579. The number of nitrogens with one attached hydrogen (secondary N) is 1. The molecule has 0 heterocycles. The third-order valence-electron chi connectivity index (χ3n) is 4.34. The lowest BCUT2D eigenvalue weighted by molar-refractivity contribution is -0.159. The molecule has 0 aromatic heterocycles. The first kappa shape index (κ1) is 18.5. The fourth-order valence-electron chi connectivity index (χ4n) is 3.08. The molecule has 24 heavy (non-hydrogen) atoms. The Bertz CT molecular complexity index is 538. The normalized spacial score (nSPS) is 18.0. The van der Waals surface area contributed by atoms with Crippen LogP contribution in [0.25, 0.3) is 0 Å². The molecule has 2 atom stereocenters. The topological polar surface area (TPSA) is 75.6 Å². The molecule has 0 bridgehead atoms. The van der Waals surface area contributed by atoms with Gasteiger partial charge in [0.05, 0.1) is 12.1 Å². The molecule has 0 aliphatic heterocycles. The zero-order valence-electron chi connectivity index (χ0n) is 14.4. The van der Waals surface area contributed by atoms with Crippen molar-refractivity contribution in [3.8, 4) is 0 Å². The molecule has 0 unspecified atom stereocenters. The molecule has 0 radical (unpaired) electrons. The van der Waals surface area contributed by atoms with Gasteiger partial charge < -0.3 is 15.2 Å². The van der Waals surface area contributed by atoms with Gasteiger partial charge in [-0.3, -0.25) is 4.79 Å². The predicted octanol–water partition coefficient (Wildman–Crippen LogP) is 2.74. The molecule has 5 heteroatoms. The summed E-state index contributed by atoms with van der Waals surface area (Å²) in [6.45, 7) is 3.45. The van der Waals surface area contributed by atoms with E-state index in [0.717, 1.165) is 32.1 Å². The smallest absolute Gasteiger partial charge is 0.337 e. The summed E-state index contributed by atoms with van der Waals surface area (Å²) in [7, 11) is 0. The number of hydrogen-bond donors (Lipinski definition) is 2. The average Bonchev–Trinajstić information content (AvgIpc) is 2.59. The molecule has 132 valence electrons. The maximum atomic E-state index is 12.6. The first-order valence-electron chi connectivity index (χ1n) is 8.73. The van der Waals surface area contributed by atoms with Crippen LogP contribution in [0.5, 0.6) is 0 Å². The third-order valence-corrected chi connectivity index (χ3v) is 4.34. The van der Waals surface area contributed by atoms with Crippen LogP contribution in [0, 0.1) is 5.92 Å². The van der Waals surface area contributed by atoms with E-state index >= 15 is 0 Å². The Morgan fingerprint density at radius 3 is 2.33 bits per heavy atom. The maximum absolute atomic E-state index is 12.6. The van der Waals surface area contributed by atoms with E-state index in [2.05, 4.69) is 5.32 Å². The fourth-order valence-corrected chi connectivity index (χ4v) is 3.08. The monoisotopic (exact) mass is 333 g/mol. The number of amides is 1. The summed E-state index contributed by atoms with van der Waals surface area (Å²) in [5.41, 5.74) is 0.690. The van der Waals surface area contributed by atoms with E-state index in [1.54, 1.807) is 26.0 Å². The molecule has 0 saturated heterocycles. The van der Waals surface area contributed by atoms with Gasteiger partial charge in [0.1, 0.15) is 0 Å². The molecule has 1 aromatic rings. The van der Waals surface area contributed by atoms with Gasteiger partial charge in [-0.15, -0.1) is 0 Å². The van der Waals surface area contributed by atoms with Crippen LogP contribution in [0.4, 0.5) is 0 Å². The van der Waals surface area contributed by atoms with Gasteiger partial charge in [0, 0.05) is 5.92 Å². The number of rotatable bonds is 6. The summed E-state index contributed by atoms with van der Waals surface area (Å²) in [6, 6.07) is 8.26. The van der Waals surface area contributed by atoms with Gasteiger partial charge in [-0.25, -0.2) is 4.79 Å². The molecule has 1 amide bonds. The average molecular weight is 333 g/mol. The van der Waals surface area contributed by atoms with E-state index < -0.39 is 18.1 Å². The second-order valence-electron chi connectivity index (χ2n) is 6.66. The van der Waals surface area contributed by atoms with Gasteiger partial charge in [0.15, 0.2) is 6.10 Å². The van der Waals surface area contributed by atoms with Gasteiger partial charge in [0.2, 0.25) is 5.91 Å². The largest absolute Gasteiger partial charge is 0.461 e. The molecular weight excluding hydrogens is 306 g/mol. The SMILES string of the molecule is CC(C)OC(=O)[C@H](O)[C@@H](NC(=O)C1CCCCC1)c1ccccc1. The minimum absolute atomic E-state index is 0.0433.